The van der Waals surface area contributed by atoms with Gasteiger partial charge in [0.1, 0.15) is 11.4 Å². The highest BCUT2D eigenvalue weighted by molar-refractivity contribution is 5.95. The molecule has 1 saturated carbocycles. The Balaban J connectivity index is 2.17. The normalized spacial score (nSPS) is 17.2. The summed E-state index contributed by atoms with van der Waals surface area (Å²) in [5.41, 5.74) is 0.0924. The van der Waals surface area contributed by atoms with E-state index in [0.29, 0.717) is 24.0 Å². The lowest BCUT2D eigenvalue weighted by Gasteiger charge is -2.22. The van der Waals surface area contributed by atoms with E-state index in [9.17, 15) is 14.4 Å². The molecule has 4 heteroatoms. The van der Waals surface area contributed by atoms with Crippen LogP contribution in [0.25, 0.3) is 0 Å². The molecule has 1 fully saturated rings. The first-order valence-corrected chi connectivity index (χ1v) is 6.06. The molecule has 94 valence electrons. The van der Waals surface area contributed by atoms with Crippen LogP contribution in [0.2, 0.25) is 0 Å². The van der Waals surface area contributed by atoms with Gasteiger partial charge in [0.2, 0.25) is 0 Å². The second kappa shape index (κ2) is 4.77. The molecular formula is C14H15FN2O. The lowest BCUT2D eigenvalue weighted by molar-refractivity contribution is 0.0920. The van der Waals surface area contributed by atoms with Crippen LogP contribution < -0.4 is 5.32 Å². The summed E-state index contributed by atoms with van der Waals surface area (Å²) in [6.45, 7) is 1.61. The maximum absolute atomic E-state index is 13.1. The van der Waals surface area contributed by atoms with Gasteiger partial charge in [-0.2, -0.15) is 5.26 Å². The van der Waals surface area contributed by atoms with Crippen LogP contribution in [0.5, 0.6) is 0 Å². The van der Waals surface area contributed by atoms with Crippen molar-refractivity contribution in [1.82, 2.24) is 5.32 Å². The maximum atomic E-state index is 13.1. The van der Waals surface area contributed by atoms with Gasteiger partial charge in [0, 0.05) is 5.56 Å². The monoisotopic (exact) mass is 246 g/mol. The predicted octanol–water partition coefficient (Wildman–Crippen LogP) is 2.70. The van der Waals surface area contributed by atoms with Gasteiger partial charge < -0.3 is 5.32 Å². The number of benzene rings is 1. The maximum Gasteiger partial charge on any atom is 0.252 e. The molecule has 0 radical (unpaired) electrons. The van der Waals surface area contributed by atoms with E-state index in [4.69, 9.17) is 0 Å². The molecule has 1 N–H and O–H groups in total. The summed E-state index contributed by atoms with van der Waals surface area (Å²) < 4.78 is 13.1. The minimum absolute atomic E-state index is 0.304. The fourth-order valence-corrected chi connectivity index (χ4v) is 2.32. The average Bonchev–Trinajstić information content (AvgIpc) is 2.82. The second-order valence-corrected chi connectivity index (χ2v) is 4.82. The largest absolute Gasteiger partial charge is 0.334 e. The Kier molecular flexibility index (Phi) is 3.33. The molecule has 0 atom stereocenters. The van der Waals surface area contributed by atoms with Crippen molar-refractivity contribution in [2.75, 3.05) is 0 Å². The number of nitriles is 1. The molecule has 3 nitrogen and oxygen atoms in total. The van der Waals surface area contributed by atoms with Gasteiger partial charge in [-0.05, 0) is 56.4 Å². The SMILES string of the molecule is Cc1cc(C(=O)NC2(C#N)CCCC2)ccc1F. The van der Waals surface area contributed by atoms with Crippen LogP contribution in [0.15, 0.2) is 18.2 Å². The summed E-state index contributed by atoms with van der Waals surface area (Å²) in [7, 11) is 0. The van der Waals surface area contributed by atoms with Crippen molar-refractivity contribution in [3.05, 3.63) is 35.1 Å². The van der Waals surface area contributed by atoms with Gasteiger partial charge >= 0.3 is 0 Å². The first-order chi connectivity index (χ1) is 8.56. The fourth-order valence-electron chi connectivity index (χ4n) is 2.32. The van der Waals surface area contributed by atoms with Gasteiger partial charge in [-0.3, -0.25) is 4.79 Å². The first-order valence-electron chi connectivity index (χ1n) is 6.06. The van der Waals surface area contributed by atoms with Crippen molar-refractivity contribution < 1.29 is 9.18 Å². The van der Waals surface area contributed by atoms with Crippen molar-refractivity contribution in [3.63, 3.8) is 0 Å². The zero-order chi connectivity index (χ0) is 13.2. The highest BCUT2D eigenvalue weighted by Crippen LogP contribution is 2.29. The van der Waals surface area contributed by atoms with E-state index in [2.05, 4.69) is 11.4 Å². The molecule has 1 amide bonds. The quantitative estimate of drug-likeness (QED) is 0.872. The smallest absolute Gasteiger partial charge is 0.252 e. The zero-order valence-corrected chi connectivity index (χ0v) is 10.3. The molecule has 0 aliphatic heterocycles. The van der Waals surface area contributed by atoms with Crippen molar-refractivity contribution in [2.24, 2.45) is 0 Å². The number of halogens is 1. The fraction of sp³-hybridized carbons (Fsp3) is 0.429. The van der Waals surface area contributed by atoms with E-state index in [-0.39, 0.29) is 11.7 Å². The Hall–Kier alpha value is -1.89. The predicted molar refractivity (Wildman–Crippen MR) is 65.4 cm³/mol. The Morgan fingerprint density at radius 2 is 2.11 bits per heavy atom. The van der Waals surface area contributed by atoms with E-state index >= 15 is 0 Å². The second-order valence-electron chi connectivity index (χ2n) is 4.82. The number of nitrogens with zero attached hydrogens (tertiary/aromatic N) is 1. The van der Waals surface area contributed by atoms with Crippen LogP contribution >= 0.6 is 0 Å². The molecule has 0 spiro atoms. The summed E-state index contributed by atoms with van der Waals surface area (Å²) >= 11 is 0. The van der Waals surface area contributed by atoms with Crippen LogP contribution in [-0.2, 0) is 0 Å². The minimum Gasteiger partial charge on any atom is -0.334 e. The van der Waals surface area contributed by atoms with Crippen molar-refractivity contribution >= 4 is 5.91 Å². The Morgan fingerprint density at radius 1 is 1.44 bits per heavy atom. The summed E-state index contributed by atoms with van der Waals surface area (Å²) in [6, 6.07) is 6.42. The molecule has 0 bridgehead atoms. The van der Waals surface area contributed by atoms with Crippen molar-refractivity contribution in [1.29, 1.82) is 5.26 Å². The van der Waals surface area contributed by atoms with Crippen molar-refractivity contribution in [3.8, 4) is 6.07 Å². The third-order valence-corrected chi connectivity index (χ3v) is 3.44. The summed E-state index contributed by atoms with van der Waals surface area (Å²) in [4.78, 5) is 12.0. The summed E-state index contributed by atoms with van der Waals surface area (Å²) in [6.07, 6.45) is 3.29. The lowest BCUT2D eigenvalue weighted by Crippen LogP contribution is -2.45. The minimum atomic E-state index is -0.737. The number of carbonyl (C=O) groups is 1. The summed E-state index contributed by atoms with van der Waals surface area (Å²) in [5, 5.41) is 12.0. The number of hydrogen-bond donors (Lipinski definition) is 1. The highest BCUT2D eigenvalue weighted by atomic mass is 19.1. The average molecular weight is 246 g/mol. The van der Waals surface area contributed by atoms with E-state index in [1.54, 1.807) is 6.92 Å². The van der Waals surface area contributed by atoms with Crippen LogP contribution in [0.1, 0.15) is 41.6 Å². The highest BCUT2D eigenvalue weighted by Gasteiger charge is 2.35. The molecule has 0 heterocycles. The first kappa shape index (κ1) is 12.6. The van der Waals surface area contributed by atoms with E-state index in [1.165, 1.54) is 18.2 Å². The van der Waals surface area contributed by atoms with Crippen LogP contribution in [0.3, 0.4) is 0 Å². The number of hydrogen-bond acceptors (Lipinski definition) is 2. The molecule has 18 heavy (non-hydrogen) atoms. The van der Waals surface area contributed by atoms with Gasteiger partial charge in [-0.25, -0.2) is 4.39 Å². The molecule has 2 rings (SSSR count). The molecule has 0 unspecified atom stereocenters. The van der Waals surface area contributed by atoms with Crippen LogP contribution in [-0.4, -0.2) is 11.4 Å². The standard InChI is InChI=1S/C14H15FN2O/c1-10-8-11(4-5-12(10)15)13(18)17-14(9-16)6-2-3-7-14/h4-5,8H,2-3,6-7H2,1H3,(H,17,18). The van der Waals surface area contributed by atoms with E-state index < -0.39 is 5.54 Å². The third kappa shape index (κ3) is 2.35. The summed E-state index contributed by atoms with van der Waals surface area (Å²) in [5.74, 6) is -0.635. The number of aryl methyl sites for hydroxylation is 1. The molecule has 0 saturated heterocycles. The molecular weight excluding hydrogens is 231 g/mol. The van der Waals surface area contributed by atoms with Gasteiger partial charge in [-0.15, -0.1) is 0 Å². The topological polar surface area (TPSA) is 52.9 Å². The molecule has 1 aromatic rings. The van der Waals surface area contributed by atoms with Crippen LogP contribution in [0, 0.1) is 24.1 Å². The van der Waals surface area contributed by atoms with Gasteiger partial charge in [0.05, 0.1) is 6.07 Å². The van der Waals surface area contributed by atoms with Crippen molar-refractivity contribution in [2.45, 2.75) is 38.1 Å². The van der Waals surface area contributed by atoms with E-state index in [1.807, 2.05) is 0 Å². The Bertz CT molecular complexity index is 513. The molecule has 0 aromatic heterocycles. The van der Waals surface area contributed by atoms with E-state index in [0.717, 1.165) is 12.8 Å². The van der Waals surface area contributed by atoms with Gasteiger partial charge in [0.15, 0.2) is 0 Å². The van der Waals surface area contributed by atoms with Crippen LogP contribution in [0.4, 0.5) is 4.39 Å². The Morgan fingerprint density at radius 3 is 2.67 bits per heavy atom. The lowest BCUT2D eigenvalue weighted by atomic mass is 9.99. The number of rotatable bonds is 2. The third-order valence-electron chi connectivity index (χ3n) is 3.44. The number of carbonyl (C=O) groups excluding carboxylic acids is 1. The molecule has 1 aliphatic rings. The number of nitrogens with one attached hydrogen (secondary N) is 1. The Labute approximate surface area is 106 Å². The number of amides is 1. The molecule has 1 aliphatic carbocycles. The molecule has 1 aromatic carbocycles. The van der Waals surface area contributed by atoms with Gasteiger partial charge in [-0.1, -0.05) is 0 Å². The zero-order valence-electron chi connectivity index (χ0n) is 10.3. The van der Waals surface area contributed by atoms with Gasteiger partial charge in [0.25, 0.3) is 5.91 Å².